The Hall–Kier alpha value is -0.970. The molecule has 20 heavy (non-hydrogen) atoms. The lowest BCUT2D eigenvalue weighted by molar-refractivity contribution is 0.213. The lowest BCUT2D eigenvalue weighted by Crippen LogP contribution is -2.06. The molecule has 0 aliphatic heterocycles. The first kappa shape index (κ1) is 15.4. The van der Waals surface area contributed by atoms with Crippen LogP contribution in [0.15, 0.2) is 28.7 Å². The summed E-state index contributed by atoms with van der Waals surface area (Å²) in [6.45, 7) is 3.66. The number of hydrogen-bond acceptors (Lipinski definition) is 1. The summed E-state index contributed by atoms with van der Waals surface area (Å²) >= 11 is 8.90. The molecular formula is C15H12BrClF2O. The van der Waals surface area contributed by atoms with Gasteiger partial charge in [-0.1, -0.05) is 33.6 Å². The molecule has 0 saturated heterocycles. The summed E-state index contributed by atoms with van der Waals surface area (Å²) in [6, 6.07) is 5.38. The van der Waals surface area contributed by atoms with E-state index in [-0.39, 0.29) is 10.6 Å². The van der Waals surface area contributed by atoms with E-state index in [9.17, 15) is 13.9 Å². The highest BCUT2D eigenvalue weighted by Crippen LogP contribution is 2.32. The monoisotopic (exact) mass is 360 g/mol. The van der Waals surface area contributed by atoms with Gasteiger partial charge in [0.25, 0.3) is 0 Å². The minimum Gasteiger partial charge on any atom is -0.384 e. The first-order valence-electron chi connectivity index (χ1n) is 5.90. The van der Waals surface area contributed by atoms with Crippen LogP contribution in [0.4, 0.5) is 8.78 Å². The van der Waals surface area contributed by atoms with Gasteiger partial charge in [-0.15, -0.1) is 0 Å². The molecule has 2 rings (SSSR count). The Morgan fingerprint density at radius 2 is 1.65 bits per heavy atom. The van der Waals surface area contributed by atoms with Gasteiger partial charge in [-0.05, 0) is 48.7 Å². The second-order valence-electron chi connectivity index (χ2n) is 4.65. The molecule has 0 bridgehead atoms. The number of hydrogen-bond donors (Lipinski definition) is 1. The summed E-state index contributed by atoms with van der Waals surface area (Å²) in [5, 5.41) is 10.0. The molecule has 0 saturated carbocycles. The number of benzene rings is 2. The summed E-state index contributed by atoms with van der Waals surface area (Å²) in [5.41, 5.74) is 2.09. The fourth-order valence-electron chi connectivity index (χ4n) is 2.01. The van der Waals surface area contributed by atoms with E-state index in [1.165, 1.54) is 0 Å². The van der Waals surface area contributed by atoms with E-state index < -0.39 is 17.7 Å². The van der Waals surface area contributed by atoms with Gasteiger partial charge in [-0.2, -0.15) is 0 Å². The molecule has 0 spiro atoms. The minimum absolute atomic E-state index is 0.128. The van der Waals surface area contributed by atoms with Crippen LogP contribution in [-0.4, -0.2) is 5.11 Å². The van der Waals surface area contributed by atoms with Gasteiger partial charge >= 0.3 is 0 Å². The molecule has 0 fully saturated rings. The van der Waals surface area contributed by atoms with Crippen LogP contribution in [0, 0.1) is 25.5 Å². The van der Waals surface area contributed by atoms with Crippen molar-refractivity contribution in [1.82, 2.24) is 0 Å². The van der Waals surface area contributed by atoms with E-state index in [0.717, 1.165) is 27.7 Å². The van der Waals surface area contributed by atoms with Crippen LogP contribution < -0.4 is 0 Å². The number of aliphatic hydroxyl groups excluding tert-OH is 1. The summed E-state index contributed by atoms with van der Waals surface area (Å²) in [5.74, 6) is -1.49. The van der Waals surface area contributed by atoms with Gasteiger partial charge < -0.3 is 5.11 Å². The quantitative estimate of drug-likeness (QED) is 0.740. The summed E-state index contributed by atoms with van der Waals surface area (Å²) in [6.07, 6.45) is -1.24. The predicted octanol–water partition coefficient (Wildman–Crippen LogP) is 5.08. The standard InChI is InChI=1S/C15H12BrClF2O/c1-7-4-11(16)8(2)3-9(7)15(20)10-5-14(19)12(17)6-13(10)18/h3-6,15,20H,1-2H3. The Morgan fingerprint density at radius 1 is 1.00 bits per heavy atom. The number of halogens is 4. The normalized spacial score (nSPS) is 12.6. The highest BCUT2D eigenvalue weighted by atomic mass is 79.9. The Labute approximate surface area is 129 Å². The maximum atomic E-state index is 13.9. The molecule has 1 N–H and O–H groups in total. The third-order valence-corrected chi connectivity index (χ3v) is 4.32. The zero-order chi connectivity index (χ0) is 15.0. The molecule has 0 heterocycles. The van der Waals surface area contributed by atoms with Crippen molar-refractivity contribution in [3.05, 3.63) is 67.6 Å². The largest absolute Gasteiger partial charge is 0.384 e. The van der Waals surface area contributed by atoms with Crippen LogP contribution >= 0.6 is 27.5 Å². The van der Waals surface area contributed by atoms with Crippen molar-refractivity contribution >= 4 is 27.5 Å². The molecule has 0 aliphatic carbocycles. The highest BCUT2D eigenvalue weighted by Gasteiger charge is 2.20. The summed E-state index contributed by atoms with van der Waals surface area (Å²) in [7, 11) is 0. The first-order chi connectivity index (χ1) is 9.31. The number of rotatable bonds is 2. The SMILES string of the molecule is Cc1cc(C(O)c2cc(F)c(Cl)cc2F)c(C)cc1Br. The Kier molecular flexibility index (Phi) is 4.47. The van der Waals surface area contributed by atoms with Crippen molar-refractivity contribution in [2.75, 3.05) is 0 Å². The van der Waals surface area contributed by atoms with Crippen LogP contribution in [0.1, 0.15) is 28.4 Å². The van der Waals surface area contributed by atoms with Crippen molar-refractivity contribution in [3.8, 4) is 0 Å². The van der Waals surface area contributed by atoms with Gasteiger partial charge in [0.2, 0.25) is 0 Å². The first-order valence-corrected chi connectivity index (χ1v) is 7.07. The second-order valence-corrected chi connectivity index (χ2v) is 5.91. The molecule has 2 aromatic carbocycles. The fraction of sp³-hybridized carbons (Fsp3) is 0.200. The molecule has 0 radical (unpaired) electrons. The third-order valence-electron chi connectivity index (χ3n) is 3.18. The van der Waals surface area contributed by atoms with Crippen molar-refractivity contribution in [2.24, 2.45) is 0 Å². The number of aryl methyl sites for hydroxylation is 2. The second kappa shape index (κ2) is 5.80. The van der Waals surface area contributed by atoms with E-state index >= 15 is 0 Å². The van der Waals surface area contributed by atoms with E-state index in [2.05, 4.69) is 15.9 Å². The van der Waals surface area contributed by atoms with Crippen LogP contribution in [-0.2, 0) is 0 Å². The maximum absolute atomic E-state index is 13.9. The molecule has 0 aliphatic rings. The fourth-order valence-corrected chi connectivity index (χ4v) is 2.62. The molecule has 106 valence electrons. The van der Waals surface area contributed by atoms with Crippen LogP contribution in [0.5, 0.6) is 0 Å². The molecule has 0 aromatic heterocycles. The Balaban J connectivity index is 2.54. The Bertz CT molecular complexity index is 616. The average Bonchev–Trinajstić information content (AvgIpc) is 2.37. The lowest BCUT2D eigenvalue weighted by atomic mass is 9.95. The smallest absolute Gasteiger partial charge is 0.142 e. The van der Waals surface area contributed by atoms with Gasteiger partial charge in [-0.3, -0.25) is 0 Å². The van der Waals surface area contributed by atoms with E-state index in [0.29, 0.717) is 5.56 Å². The predicted molar refractivity (Wildman–Crippen MR) is 79.0 cm³/mol. The van der Waals surface area contributed by atoms with Gasteiger partial charge in [0.1, 0.15) is 17.7 Å². The number of aliphatic hydroxyl groups is 1. The van der Waals surface area contributed by atoms with Crippen molar-refractivity contribution < 1.29 is 13.9 Å². The zero-order valence-electron chi connectivity index (χ0n) is 10.8. The third kappa shape index (κ3) is 2.87. The van der Waals surface area contributed by atoms with Crippen LogP contribution in [0.3, 0.4) is 0 Å². The van der Waals surface area contributed by atoms with E-state index in [4.69, 9.17) is 11.6 Å². The van der Waals surface area contributed by atoms with Crippen LogP contribution in [0.25, 0.3) is 0 Å². The van der Waals surface area contributed by atoms with Crippen molar-refractivity contribution in [2.45, 2.75) is 20.0 Å². The minimum atomic E-state index is -1.24. The molecule has 0 amide bonds. The van der Waals surface area contributed by atoms with Gasteiger partial charge in [0, 0.05) is 10.0 Å². The lowest BCUT2D eigenvalue weighted by Gasteiger charge is -2.17. The Morgan fingerprint density at radius 3 is 2.30 bits per heavy atom. The van der Waals surface area contributed by atoms with Crippen molar-refractivity contribution in [3.63, 3.8) is 0 Å². The van der Waals surface area contributed by atoms with Gasteiger partial charge in [-0.25, -0.2) is 8.78 Å². The zero-order valence-corrected chi connectivity index (χ0v) is 13.2. The molecule has 1 nitrogen and oxygen atoms in total. The van der Waals surface area contributed by atoms with Gasteiger partial charge in [0.15, 0.2) is 0 Å². The van der Waals surface area contributed by atoms with Crippen molar-refractivity contribution in [1.29, 1.82) is 0 Å². The maximum Gasteiger partial charge on any atom is 0.142 e. The van der Waals surface area contributed by atoms with E-state index in [1.807, 2.05) is 13.0 Å². The molecule has 5 heteroatoms. The van der Waals surface area contributed by atoms with Gasteiger partial charge in [0.05, 0.1) is 5.02 Å². The summed E-state index contributed by atoms with van der Waals surface area (Å²) < 4.78 is 28.2. The molecule has 1 unspecified atom stereocenters. The van der Waals surface area contributed by atoms with Crippen LogP contribution in [0.2, 0.25) is 5.02 Å². The molecule has 2 aromatic rings. The molecule has 1 atom stereocenters. The highest BCUT2D eigenvalue weighted by molar-refractivity contribution is 9.10. The topological polar surface area (TPSA) is 20.2 Å². The molecular weight excluding hydrogens is 350 g/mol. The summed E-state index contributed by atoms with van der Waals surface area (Å²) in [4.78, 5) is 0. The van der Waals surface area contributed by atoms with E-state index in [1.54, 1.807) is 13.0 Å². The average molecular weight is 362 g/mol.